The summed E-state index contributed by atoms with van der Waals surface area (Å²) in [6.07, 6.45) is 2.59. The van der Waals surface area contributed by atoms with Crippen LogP contribution in [0.4, 0.5) is 0 Å². The maximum absolute atomic E-state index is 5.28. The first-order valence-corrected chi connectivity index (χ1v) is 3.92. The van der Waals surface area contributed by atoms with Gasteiger partial charge in [0.25, 0.3) is 0 Å². The number of rotatable bonds is 2. The van der Waals surface area contributed by atoms with Crippen molar-refractivity contribution in [3.63, 3.8) is 0 Å². The molecule has 0 amide bonds. The second-order valence-corrected chi connectivity index (χ2v) is 3.01. The Bertz CT molecular complexity index is 74.6. The molecule has 1 nitrogen and oxygen atoms in total. The predicted octanol–water partition coefficient (Wildman–Crippen LogP) is 2.07. The van der Waals surface area contributed by atoms with Crippen LogP contribution in [-0.4, -0.2) is 13.2 Å². The Morgan fingerprint density at radius 1 is 1.67 bits per heavy atom. The van der Waals surface area contributed by atoms with Crippen LogP contribution in [0.15, 0.2) is 0 Å². The van der Waals surface area contributed by atoms with Crippen molar-refractivity contribution in [2.45, 2.75) is 26.7 Å². The van der Waals surface area contributed by atoms with E-state index in [0.29, 0.717) is 0 Å². The lowest BCUT2D eigenvalue weighted by Crippen LogP contribution is -2.09. The molecule has 1 saturated heterocycles. The molecule has 0 saturated carbocycles. The molecule has 1 fully saturated rings. The van der Waals surface area contributed by atoms with Gasteiger partial charge in [0, 0.05) is 13.2 Å². The first-order chi connectivity index (χ1) is 4.34. The van der Waals surface area contributed by atoms with Gasteiger partial charge in [-0.15, -0.1) is 0 Å². The number of hydrogen-bond donors (Lipinski definition) is 0. The van der Waals surface area contributed by atoms with Crippen molar-refractivity contribution >= 4 is 0 Å². The molecular weight excluding hydrogens is 112 g/mol. The molecule has 0 spiro atoms. The molecule has 0 aliphatic carbocycles. The van der Waals surface area contributed by atoms with Crippen LogP contribution in [0.2, 0.25) is 0 Å². The lowest BCUT2D eigenvalue weighted by atomic mass is 9.91. The van der Waals surface area contributed by atoms with Crippen LogP contribution in [0.1, 0.15) is 26.7 Å². The molecule has 2 atom stereocenters. The summed E-state index contributed by atoms with van der Waals surface area (Å²) in [5, 5.41) is 0. The monoisotopic (exact) mass is 128 g/mol. The molecule has 0 aromatic heterocycles. The van der Waals surface area contributed by atoms with E-state index in [0.717, 1.165) is 25.0 Å². The van der Waals surface area contributed by atoms with Crippen LogP contribution in [0.3, 0.4) is 0 Å². The molecule has 1 unspecified atom stereocenters. The average Bonchev–Trinajstić information content (AvgIpc) is 2.37. The predicted molar refractivity (Wildman–Crippen MR) is 38.4 cm³/mol. The topological polar surface area (TPSA) is 9.23 Å². The summed E-state index contributed by atoms with van der Waals surface area (Å²) >= 11 is 0. The molecule has 0 N–H and O–H groups in total. The fourth-order valence-corrected chi connectivity index (χ4v) is 1.33. The Balaban J connectivity index is 2.24. The summed E-state index contributed by atoms with van der Waals surface area (Å²) in [7, 11) is 0. The first kappa shape index (κ1) is 7.07. The van der Waals surface area contributed by atoms with Crippen molar-refractivity contribution in [2.24, 2.45) is 11.8 Å². The minimum atomic E-state index is 0.856. The van der Waals surface area contributed by atoms with E-state index >= 15 is 0 Å². The fraction of sp³-hybridized carbons (Fsp3) is 1.00. The summed E-state index contributed by atoms with van der Waals surface area (Å²) in [4.78, 5) is 0. The highest BCUT2D eigenvalue weighted by atomic mass is 16.5. The molecule has 0 aromatic rings. The standard InChI is InChI=1S/C8H16O/c1-3-7(2)8-4-5-9-6-8/h7-8H,3-6H2,1-2H3/t7-,8?/m0/s1. The zero-order valence-corrected chi connectivity index (χ0v) is 6.39. The van der Waals surface area contributed by atoms with Crippen LogP contribution < -0.4 is 0 Å². The van der Waals surface area contributed by atoms with Crippen LogP contribution in [0.25, 0.3) is 0 Å². The van der Waals surface area contributed by atoms with Crippen LogP contribution in [-0.2, 0) is 4.74 Å². The van der Waals surface area contributed by atoms with Gasteiger partial charge in [-0.25, -0.2) is 0 Å². The molecule has 1 aliphatic heterocycles. The van der Waals surface area contributed by atoms with Gasteiger partial charge in [-0.3, -0.25) is 0 Å². The average molecular weight is 128 g/mol. The van der Waals surface area contributed by atoms with Gasteiger partial charge in [-0.05, 0) is 18.3 Å². The van der Waals surface area contributed by atoms with Crippen molar-refractivity contribution in [1.29, 1.82) is 0 Å². The summed E-state index contributed by atoms with van der Waals surface area (Å²) in [6.45, 7) is 6.58. The van der Waals surface area contributed by atoms with Gasteiger partial charge in [-0.1, -0.05) is 20.3 Å². The summed E-state index contributed by atoms with van der Waals surface area (Å²) < 4.78 is 5.28. The molecule has 1 heteroatoms. The van der Waals surface area contributed by atoms with E-state index in [1.165, 1.54) is 12.8 Å². The zero-order chi connectivity index (χ0) is 6.69. The molecule has 0 radical (unpaired) electrons. The third-order valence-corrected chi connectivity index (χ3v) is 2.41. The lowest BCUT2D eigenvalue weighted by molar-refractivity contribution is 0.173. The minimum Gasteiger partial charge on any atom is -0.381 e. The van der Waals surface area contributed by atoms with E-state index in [4.69, 9.17) is 4.74 Å². The van der Waals surface area contributed by atoms with E-state index in [1.807, 2.05) is 0 Å². The fourth-order valence-electron chi connectivity index (χ4n) is 1.33. The molecule has 54 valence electrons. The summed E-state index contributed by atoms with van der Waals surface area (Å²) in [5.41, 5.74) is 0. The second kappa shape index (κ2) is 3.21. The largest absolute Gasteiger partial charge is 0.381 e. The van der Waals surface area contributed by atoms with Crippen molar-refractivity contribution in [1.82, 2.24) is 0 Å². The number of ether oxygens (including phenoxy) is 1. The highest BCUT2D eigenvalue weighted by Gasteiger charge is 2.20. The Morgan fingerprint density at radius 3 is 2.89 bits per heavy atom. The summed E-state index contributed by atoms with van der Waals surface area (Å²) in [5.74, 6) is 1.72. The zero-order valence-electron chi connectivity index (χ0n) is 6.39. The van der Waals surface area contributed by atoms with Gasteiger partial charge in [0.1, 0.15) is 0 Å². The van der Waals surface area contributed by atoms with E-state index in [-0.39, 0.29) is 0 Å². The molecule has 9 heavy (non-hydrogen) atoms. The molecule has 1 rings (SSSR count). The van der Waals surface area contributed by atoms with Gasteiger partial charge in [0.05, 0.1) is 0 Å². The van der Waals surface area contributed by atoms with Crippen LogP contribution >= 0.6 is 0 Å². The molecule has 1 aliphatic rings. The SMILES string of the molecule is CC[C@H](C)C1CCOC1. The van der Waals surface area contributed by atoms with Crippen molar-refractivity contribution in [3.05, 3.63) is 0 Å². The van der Waals surface area contributed by atoms with Crippen molar-refractivity contribution < 1.29 is 4.74 Å². The van der Waals surface area contributed by atoms with Gasteiger partial charge in [0.2, 0.25) is 0 Å². The Morgan fingerprint density at radius 2 is 2.44 bits per heavy atom. The summed E-state index contributed by atoms with van der Waals surface area (Å²) in [6, 6.07) is 0. The quantitative estimate of drug-likeness (QED) is 0.553. The highest BCUT2D eigenvalue weighted by Crippen LogP contribution is 2.23. The van der Waals surface area contributed by atoms with E-state index in [2.05, 4.69) is 13.8 Å². The third-order valence-electron chi connectivity index (χ3n) is 2.41. The Kier molecular flexibility index (Phi) is 2.52. The molecule has 0 bridgehead atoms. The van der Waals surface area contributed by atoms with Gasteiger partial charge < -0.3 is 4.74 Å². The minimum absolute atomic E-state index is 0.856. The van der Waals surface area contributed by atoms with E-state index in [1.54, 1.807) is 0 Å². The van der Waals surface area contributed by atoms with Crippen molar-refractivity contribution in [2.75, 3.05) is 13.2 Å². The normalized spacial score (nSPS) is 30.7. The maximum Gasteiger partial charge on any atom is 0.0497 e. The smallest absolute Gasteiger partial charge is 0.0497 e. The number of hydrogen-bond acceptors (Lipinski definition) is 1. The second-order valence-electron chi connectivity index (χ2n) is 3.01. The van der Waals surface area contributed by atoms with Gasteiger partial charge in [0.15, 0.2) is 0 Å². The highest BCUT2D eigenvalue weighted by molar-refractivity contribution is 4.68. The molecule has 1 heterocycles. The maximum atomic E-state index is 5.28. The Hall–Kier alpha value is -0.0400. The van der Waals surface area contributed by atoms with Crippen LogP contribution in [0.5, 0.6) is 0 Å². The third kappa shape index (κ3) is 1.68. The van der Waals surface area contributed by atoms with Gasteiger partial charge >= 0.3 is 0 Å². The van der Waals surface area contributed by atoms with Crippen molar-refractivity contribution in [3.8, 4) is 0 Å². The van der Waals surface area contributed by atoms with E-state index < -0.39 is 0 Å². The molecular formula is C8H16O. The lowest BCUT2D eigenvalue weighted by Gasteiger charge is -2.13. The van der Waals surface area contributed by atoms with Crippen LogP contribution in [0, 0.1) is 11.8 Å². The Labute approximate surface area is 57.4 Å². The first-order valence-electron chi connectivity index (χ1n) is 3.92. The molecule has 0 aromatic carbocycles. The van der Waals surface area contributed by atoms with Gasteiger partial charge in [-0.2, -0.15) is 0 Å². The van der Waals surface area contributed by atoms with E-state index in [9.17, 15) is 0 Å².